The standard InChI is InChI=1S/C26H24N2O3S/c1-30-23-10-4-2-7-18(23)8-6-12-28-13-14-31-25-20(17-28)15-19(16-22(25)29)26-27-21-9-3-5-11-24(21)32-26/h2-11,15-16,29H,12-14,17H2,1H3/b8-6+. The van der Waals surface area contributed by atoms with Crippen molar-refractivity contribution in [2.45, 2.75) is 6.54 Å². The van der Waals surface area contributed by atoms with Gasteiger partial charge >= 0.3 is 0 Å². The van der Waals surface area contributed by atoms with E-state index in [9.17, 15) is 5.11 Å². The lowest BCUT2D eigenvalue weighted by molar-refractivity contribution is 0.239. The van der Waals surface area contributed by atoms with Crippen molar-refractivity contribution >= 4 is 27.6 Å². The van der Waals surface area contributed by atoms with Crippen LogP contribution in [0.4, 0.5) is 0 Å². The highest BCUT2D eigenvalue weighted by atomic mass is 32.1. The molecule has 1 N–H and O–H groups in total. The molecule has 162 valence electrons. The Balaban J connectivity index is 1.38. The third-order valence-corrected chi connectivity index (χ3v) is 6.62. The van der Waals surface area contributed by atoms with Gasteiger partial charge in [0.1, 0.15) is 17.4 Å². The minimum Gasteiger partial charge on any atom is -0.504 e. The second-order valence-corrected chi connectivity index (χ2v) is 8.73. The Hall–Kier alpha value is -3.35. The molecule has 0 saturated heterocycles. The van der Waals surface area contributed by atoms with Gasteiger partial charge in [-0.2, -0.15) is 0 Å². The fourth-order valence-electron chi connectivity index (χ4n) is 3.96. The molecule has 1 aliphatic rings. The van der Waals surface area contributed by atoms with Crippen LogP contribution in [-0.4, -0.2) is 41.8 Å². The highest BCUT2D eigenvalue weighted by Crippen LogP contribution is 2.39. The number of ether oxygens (including phenoxy) is 2. The summed E-state index contributed by atoms with van der Waals surface area (Å²) >= 11 is 1.63. The van der Waals surface area contributed by atoms with Crippen molar-refractivity contribution in [1.82, 2.24) is 9.88 Å². The summed E-state index contributed by atoms with van der Waals surface area (Å²) in [5.74, 6) is 1.60. The zero-order valence-corrected chi connectivity index (χ0v) is 18.6. The molecule has 5 nitrogen and oxygen atoms in total. The van der Waals surface area contributed by atoms with Gasteiger partial charge in [-0.3, -0.25) is 4.90 Å². The number of hydrogen-bond acceptors (Lipinski definition) is 6. The maximum absolute atomic E-state index is 10.7. The summed E-state index contributed by atoms with van der Waals surface area (Å²) in [4.78, 5) is 7.05. The van der Waals surface area contributed by atoms with Crippen LogP contribution in [0.2, 0.25) is 0 Å². The largest absolute Gasteiger partial charge is 0.504 e. The number of para-hydroxylation sites is 2. The Kier molecular flexibility index (Phi) is 5.79. The molecule has 3 aromatic carbocycles. The van der Waals surface area contributed by atoms with Crippen molar-refractivity contribution < 1.29 is 14.6 Å². The zero-order valence-electron chi connectivity index (χ0n) is 17.8. The van der Waals surface area contributed by atoms with Crippen LogP contribution in [0.3, 0.4) is 0 Å². The van der Waals surface area contributed by atoms with E-state index in [1.54, 1.807) is 24.5 Å². The second-order valence-electron chi connectivity index (χ2n) is 7.70. The second kappa shape index (κ2) is 9.02. The van der Waals surface area contributed by atoms with Gasteiger partial charge in [-0.25, -0.2) is 4.98 Å². The number of phenols is 1. The Bertz CT molecular complexity index is 1250. The lowest BCUT2D eigenvalue weighted by Crippen LogP contribution is -2.25. The van der Waals surface area contributed by atoms with Crippen molar-refractivity contribution in [2.24, 2.45) is 0 Å². The Labute approximate surface area is 191 Å². The number of aromatic nitrogens is 1. The van der Waals surface area contributed by atoms with Crippen LogP contribution >= 0.6 is 11.3 Å². The number of hydrogen-bond donors (Lipinski definition) is 1. The minimum absolute atomic E-state index is 0.170. The number of phenolic OH excluding ortho intramolecular Hbond substituents is 1. The Morgan fingerprint density at radius 3 is 2.88 bits per heavy atom. The maximum Gasteiger partial charge on any atom is 0.165 e. The zero-order chi connectivity index (χ0) is 21.9. The van der Waals surface area contributed by atoms with Gasteiger partial charge < -0.3 is 14.6 Å². The van der Waals surface area contributed by atoms with E-state index in [1.807, 2.05) is 42.5 Å². The number of nitrogens with zero attached hydrogens (tertiary/aromatic N) is 2. The Morgan fingerprint density at radius 2 is 2.00 bits per heavy atom. The summed E-state index contributed by atoms with van der Waals surface area (Å²) in [7, 11) is 1.69. The predicted molar refractivity (Wildman–Crippen MR) is 130 cm³/mol. The van der Waals surface area contributed by atoms with Gasteiger partial charge in [0.25, 0.3) is 0 Å². The Morgan fingerprint density at radius 1 is 1.16 bits per heavy atom. The number of rotatable bonds is 5. The molecule has 0 fully saturated rings. The molecule has 0 aliphatic carbocycles. The molecule has 6 heteroatoms. The van der Waals surface area contributed by atoms with E-state index in [1.165, 1.54) is 0 Å². The molecule has 0 saturated carbocycles. The van der Waals surface area contributed by atoms with Crippen molar-refractivity contribution in [3.63, 3.8) is 0 Å². The summed E-state index contributed by atoms with van der Waals surface area (Å²) in [5.41, 5.74) is 3.92. The number of benzene rings is 3. The van der Waals surface area contributed by atoms with E-state index in [0.717, 1.165) is 50.8 Å². The monoisotopic (exact) mass is 444 g/mol. The summed E-state index contributed by atoms with van der Waals surface area (Å²) in [6.07, 6.45) is 4.22. The molecule has 1 aliphatic heterocycles. The molecule has 2 heterocycles. The lowest BCUT2D eigenvalue weighted by Gasteiger charge is -2.17. The quantitative estimate of drug-likeness (QED) is 0.435. The minimum atomic E-state index is 0.170. The molecule has 0 radical (unpaired) electrons. The van der Waals surface area contributed by atoms with Crippen LogP contribution in [0.25, 0.3) is 26.9 Å². The molecular weight excluding hydrogens is 420 g/mol. The average molecular weight is 445 g/mol. The first-order valence-corrected chi connectivity index (χ1v) is 11.4. The summed E-state index contributed by atoms with van der Waals surface area (Å²) in [6.45, 7) is 2.77. The number of aromatic hydroxyl groups is 1. The number of thiazole rings is 1. The van der Waals surface area contributed by atoms with Crippen LogP contribution < -0.4 is 9.47 Å². The predicted octanol–water partition coefficient (Wildman–Crippen LogP) is 5.59. The summed E-state index contributed by atoms with van der Waals surface area (Å²) < 4.78 is 12.5. The third-order valence-electron chi connectivity index (χ3n) is 5.53. The first-order chi connectivity index (χ1) is 15.7. The van der Waals surface area contributed by atoms with Gasteiger partial charge in [0, 0.05) is 36.3 Å². The molecule has 5 rings (SSSR count). The van der Waals surface area contributed by atoms with E-state index in [-0.39, 0.29) is 5.75 Å². The van der Waals surface area contributed by atoms with Crippen molar-refractivity contribution in [3.8, 4) is 27.8 Å². The van der Waals surface area contributed by atoms with E-state index < -0.39 is 0 Å². The van der Waals surface area contributed by atoms with Gasteiger partial charge in [0.15, 0.2) is 11.5 Å². The molecular formula is C26H24N2O3S. The first-order valence-electron chi connectivity index (χ1n) is 10.6. The molecule has 32 heavy (non-hydrogen) atoms. The van der Waals surface area contributed by atoms with Crippen LogP contribution in [0.15, 0.2) is 66.7 Å². The molecule has 0 unspecified atom stereocenters. The van der Waals surface area contributed by atoms with E-state index in [4.69, 9.17) is 14.5 Å². The van der Waals surface area contributed by atoms with Crippen LogP contribution in [0, 0.1) is 0 Å². The topological polar surface area (TPSA) is 54.8 Å². The fraction of sp³-hybridized carbons (Fsp3) is 0.192. The molecule has 1 aromatic heterocycles. The maximum atomic E-state index is 10.7. The van der Waals surface area contributed by atoms with Crippen molar-refractivity contribution in [1.29, 1.82) is 0 Å². The molecule has 0 bridgehead atoms. The van der Waals surface area contributed by atoms with Crippen LogP contribution in [0.1, 0.15) is 11.1 Å². The molecule has 0 atom stereocenters. The van der Waals surface area contributed by atoms with Crippen molar-refractivity contribution in [3.05, 3.63) is 77.9 Å². The molecule has 0 spiro atoms. The first kappa shape index (κ1) is 20.5. The average Bonchev–Trinajstić information content (AvgIpc) is 3.14. The van der Waals surface area contributed by atoms with E-state index in [0.29, 0.717) is 18.9 Å². The van der Waals surface area contributed by atoms with Gasteiger partial charge in [0.05, 0.1) is 17.3 Å². The van der Waals surface area contributed by atoms with Crippen LogP contribution in [0.5, 0.6) is 17.2 Å². The molecule has 0 amide bonds. The SMILES string of the molecule is COc1ccccc1/C=C/CN1CCOc2c(O)cc(-c3nc4ccccc4s3)cc2C1. The fourth-order valence-corrected chi connectivity index (χ4v) is 4.91. The summed E-state index contributed by atoms with van der Waals surface area (Å²) in [6, 6.07) is 19.9. The van der Waals surface area contributed by atoms with E-state index >= 15 is 0 Å². The smallest absolute Gasteiger partial charge is 0.165 e. The normalized spacial score (nSPS) is 14.3. The summed E-state index contributed by atoms with van der Waals surface area (Å²) in [5, 5.41) is 11.6. The number of methoxy groups -OCH3 is 1. The molecule has 4 aromatic rings. The van der Waals surface area contributed by atoms with E-state index in [2.05, 4.69) is 29.2 Å². The number of fused-ring (bicyclic) bond motifs is 2. The lowest BCUT2D eigenvalue weighted by atomic mass is 10.1. The van der Waals surface area contributed by atoms with Crippen LogP contribution in [-0.2, 0) is 6.54 Å². The van der Waals surface area contributed by atoms with Gasteiger partial charge in [0.2, 0.25) is 0 Å². The van der Waals surface area contributed by atoms with Gasteiger partial charge in [-0.05, 0) is 30.3 Å². The van der Waals surface area contributed by atoms with Gasteiger partial charge in [-0.15, -0.1) is 11.3 Å². The highest BCUT2D eigenvalue weighted by molar-refractivity contribution is 7.21. The highest BCUT2D eigenvalue weighted by Gasteiger charge is 2.20. The third kappa shape index (κ3) is 4.20. The van der Waals surface area contributed by atoms with Crippen molar-refractivity contribution in [2.75, 3.05) is 26.8 Å². The van der Waals surface area contributed by atoms with Gasteiger partial charge in [-0.1, -0.05) is 42.5 Å².